The molecule has 8 N–H and O–H groups in total. The number of hydrogen-bond donors (Lipinski definition) is 7. The molecule has 1 aliphatic heterocycles. The van der Waals surface area contributed by atoms with E-state index in [1.54, 1.807) is 0 Å². The molecule has 4 atom stereocenters. The Kier molecular flexibility index (Phi) is 10.9. The van der Waals surface area contributed by atoms with Crippen molar-refractivity contribution in [2.24, 2.45) is 0 Å². The third-order valence-electron chi connectivity index (χ3n) is 4.91. The summed E-state index contributed by atoms with van der Waals surface area (Å²) < 4.78 is 11.4. The van der Waals surface area contributed by atoms with E-state index in [0.717, 1.165) is 4.57 Å². The Balaban J connectivity index is 0.000000361. The van der Waals surface area contributed by atoms with Crippen LogP contribution >= 0.6 is 0 Å². The number of aliphatic hydroxyl groups excluding tert-OH is 3. The Labute approximate surface area is 205 Å². The largest absolute Gasteiger partial charge is 0.481 e. The van der Waals surface area contributed by atoms with Crippen molar-refractivity contribution in [3.8, 4) is 0 Å². The molecule has 0 saturated carbocycles. The lowest BCUT2D eigenvalue weighted by Gasteiger charge is -2.26. The number of anilines is 1. The summed E-state index contributed by atoms with van der Waals surface area (Å²) in [5, 5.41) is 55.2. The highest BCUT2D eigenvalue weighted by Crippen LogP contribution is 2.28. The van der Waals surface area contributed by atoms with Crippen LogP contribution in [-0.2, 0) is 23.9 Å². The molecule has 0 radical (unpaired) electrons. The number of nitrogen functional groups attached to an aromatic ring is 1. The van der Waals surface area contributed by atoms with Crippen molar-refractivity contribution in [2.75, 3.05) is 46.6 Å². The van der Waals surface area contributed by atoms with Crippen molar-refractivity contribution in [3.63, 3.8) is 0 Å². The number of aromatic nitrogens is 2. The van der Waals surface area contributed by atoms with Gasteiger partial charge in [-0.3, -0.25) is 14.2 Å². The SMILES string of the molecule is C[N+](C)(C)CCOC(=O)C(O)(CC(=O)O)CC(=O)O.Nc1ccn([C@@H]2O[C@H](CO)[C@@H](O)[C@H]2O)c(=O)n1. The average Bonchev–Trinajstić information content (AvgIpc) is 3.00. The Hall–Kier alpha value is -3.15. The maximum absolute atomic E-state index is 11.6. The van der Waals surface area contributed by atoms with E-state index in [0.29, 0.717) is 11.0 Å². The van der Waals surface area contributed by atoms with Gasteiger partial charge in [0.2, 0.25) is 0 Å². The summed E-state index contributed by atoms with van der Waals surface area (Å²) in [7, 11) is 5.57. The van der Waals surface area contributed by atoms with Crippen LogP contribution in [0.15, 0.2) is 17.1 Å². The van der Waals surface area contributed by atoms with Gasteiger partial charge in [-0.1, -0.05) is 0 Å². The number of aliphatic carboxylic acids is 2. The van der Waals surface area contributed by atoms with Crippen LogP contribution in [0.5, 0.6) is 0 Å². The third-order valence-corrected chi connectivity index (χ3v) is 4.91. The van der Waals surface area contributed by atoms with Crippen LogP contribution in [0.4, 0.5) is 5.82 Å². The Morgan fingerprint density at radius 1 is 1.17 bits per heavy atom. The molecule has 0 amide bonds. The number of quaternary nitrogens is 1. The predicted octanol–water partition coefficient (Wildman–Crippen LogP) is -3.65. The molecule has 1 aromatic heterocycles. The van der Waals surface area contributed by atoms with Gasteiger partial charge in [0.15, 0.2) is 11.8 Å². The molecule has 204 valence electrons. The van der Waals surface area contributed by atoms with Gasteiger partial charge in [0.25, 0.3) is 0 Å². The molecular weight excluding hydrogens is 488 g/mol. The van der Waals surface area contributed by atoms with E-state index in [-0.39, 0.29) is 12.4 Å². The molecular formula is C20H33N4O12+. The quantitative estimate of drug-likeness (QED) is 0.116. The van der Waals surface area contributed by atoms with Crippen LogP contribution in [0.1, 0.15) is 19.1 Å². The van der Waals surface area contributed by atoms with Gasteiger partial charge in [0.05, 0.1) is 40.6 Å². The number of rotatable bonds is 10. The van der Waals surface area contributed by atoms with E-state index < -0.39 is 73.2 Å². The van der Waals surface area contributed by atoms with E-state index in [1.165, 1.54) is 12.3 Å². The predicted molar refractivity (Wildman–Crippen MR) is 119 cm³/mol. The number of esters is 1. The minimum absolute atomic E-state index is 0.0378. The molecule has 2 heterocycles. The van der Waals surface area contributed by atoms with Gasteiger partial charge in [-0.25, -0.2) is 9.59 Å². The normalized spacial score (nSPS) is 21.9. The monoisotopic (exact) mass is 521 g/mol. The number of carbonyl (C=O) groups excluding carboxylic acids is 1. The summed E-state index contributed by atoms with van der Waals surface area (Å²) in [4.78, 5) is 47.7. The lowest BCUT2D eigenvalue weighted by atomic mass is 9.96. The fraction of sp³-hybridized carbons (Fsp3) is 0.650. The number of aliphatic hydroxyl groups is 4. The van der Waals surface area contributed by atoms with Gasteiger partial charge in [0.1, 0.15) is 37.3 Å². The lowest BCUT2D eigenvalue weighted by Crippen LogP contribution is -2.45. The third kappa shape index (κ3) is 9.14. The molecule has 0 aliphatic carbocycles. The molecule has 2 rings (SSSR count). The summed E-state index contributed by atoms with van der Waals surface area (Å²) in [6.45, 7) is -0.0439. The summed E-state index contributed by atoms with van der Waals surface area (Å²) >= 11 is 0. The van der Waals surface area contributed by atoms with Crippen molar-refractivity contribution in [1.29, 1.82) is 0 Å². The highest BCUT2D eigenvalue weighted by molar-refractivity contribution is 5.89. The highest BCUT2D eigenvalue weighted by atomic mass is 16.6. The maximum atomic E-state index is 11.6. The molecule has 1 fully saturated rings. The summed E-state index contributed by atoms with van der Waals surface area (Å²) in [6, 6.07) is 1.37. The van der Waals surface area contributed by atoms with Crippen LogP contribution in [0.25, 0.3) is 0 Å². The zero-order valence-electron chi connectivity index (χ0n) is 20.1. The van der Waals surface area contributed by atoms with Gasteiger partial charge in [-0.15, -0.1) is 0 Å². The van der Waals surface area contributed by atoms with Gasteiger partial charge < -0.3 is 50.3 Å². The number of carboxylic acid groups (broad SMARTS) is 2. The van der Waals surface area contributed by atoms with Crippen LogP contribution in [0.2, 0.25) is 0 Å². The van der Waals surface area contributed by atoms with Crippen molar-refractivity contribution in [1.82, 2.24) is 9.55 Å². The number of carboxylic acids is 2. The number of ether oxygens (including phenoxy) is 2. The maximum Gasteiger partial charge on any atom is 0.351 e. The average molecular weight is 522 g/mol. The zero-order valence-corrected chi connectivity index (χ0v) is 20.1. The molecule has 0 bridgehead atoms. The van der Waals surface area contributed by atoms with E-state index in [9.17, 15) is 34.5 Å². The van der Waals surface area contributed by atoms with Crippen molar-refractivity contribution >= 4 is 23.7 Å². The number of nitrogens with zero attached hydrogens (tertiary/aromatic N) is 3. The number of nitrogens with two attached hydrogens (primary N) is 1. The first kappa shape index (κ1) is 30.9. The van der Waals surface area contributed by atoms with Crippen molar-refractivity contribution in [3.05, 3.63) is 22.7 Å². The fourth-order valence-corrected chi connectivity index (χ4v) is 2.98. The molecule has 1 aliphatic rings. The second kappa shape index (κ2) is 12.7. The Bertz CT molecular complexity index is 960. The van der Waals surface area contributed by atoms with Crippen molar-refractivity contribution < 1.29 is 59.0 Å². The molecule has 0 aromatic carbocycles. The second-order valence-electron chi connectivity index (χ2n) is 9.09. The van der Waals surface area contributed by atoms with Crippen LogP contribution < -0.4 is 11.4 Å². The first-order valence-corrected chi connectivity index (χ1v) is 10.6. The Morgan fingerprint density at radius 3 is 2.14 bits per heavy atom. The molecule has 0 spiro atoms. The van der Waals surface area contributed by atoms with E-state index in [2.05, 4.69) is 4.98 Å². The highest BCUT2D eigenvalue weighted by Gasteiger charge is 2.44. The topological polar surface area (TPSA) is 252 Å². The Morgan fingerprint density at radius 2 is 1.72 bits per heavy atom. The summed E-state index contributed by atoms with van der Waals surface area (Å²) in [5.74, 6) is -4.14. The first-order valence-electron chi connectivity index (χ1n) is 10.6. The lowest BCUT2D eigenvalue weighted by molar-refractivity contribution is -0.870. The number of hydrogen-bond acceptors (Lipinski definition) is 12. The van der Waals surface area contributed by atoms with Gasteiger partial charge >= 0.3 is 23.6 Å². The van der Waals surface area contributed by atoms with Gasteiger partial charge in [-0.2, -0.15) is 4.98 Å². The van der Waals surface area contributed by atoms with E-state index in [1.807, 2.05) is 21.1 Å². The molecule has 1 aromatic rings. The van der Waals surface area contributed by atoms with E-state index >= 15 is 0 Å². The van der Waals surface area contributed by atoms with Crippen LogP contribution in [0, 0.1) is 0 Å². The fourth-order valence-electron chi connectivity index (χ4n) is 2.98. The molecule has 36 heavy (non-hydrogen) atoms. The van der Waals surface area contributed by atoms with Crippen LogP contribution in [0.3, 0.4) is 0 Å². The zero-order chi connectivity index (χ0) is 27.8. The summed E-state index contributed by atoms with van der Waals surface area (Å²) in [5.41, 5.74) is 2.09. The standard InChI is InChI=1S/C11H19NO7.C9H13N3O5/c1-12(2,3)4-5-19-10(17)11(18,6-8(13)14)7-9(15)16;10-5-1-2-12(9(16)11-5)8-7(15)6(14)4(3-13)17-8/h18H,4-7H2,1-3H3,(H-,13,14,15,16);1-2,4,6-8,13-15H,3H2,(H2,10,11,16)/p+1/t;4-,6-,7-,8-/m.1/s1. The van der Waals surface area contributed by atoms with Gasteiger partial charge in [0, 0.05) is 6.20 Å². The number of likely N-dealkylation sites (N-methyl/N-ethyl adjacent to an activating group) is 1. The second-order valence-corrected chi connectivity index (χ2v) is 9.09. The molecule has 16 nitrogen and oxygen atoms in total. The molecule has 16 heteroatoms. The minimum atomic E-state index is -2.54. The molecule has 1 saturated heterocycles. The summed E-state index contributed by atoms with van der Waals surface area (Å²) in [6.07, 6.45) is -5.29. The number of carbonyl (C=O) groups is 3. The minimum Gasteiger partial charge on any atom is -0.481 e. The first-order chi connectivity index (χ1) is 16.5. The van der Waals surface area contributed by atoms with Crippen molar-refractivity contribution in [2.45, 2.75) is 43.0 Å². The smallest absolute Gasteiger partial charge is 0.351 e. The van der Waals surface area contributed by atoms with Crippen LogP contribution in [-0.4, -0.2) is 127 Å². The van der Waals surface area contributed by atoms with Gasteiger partial charge in [-0.05, 0) is 6.07 Å². The molecule has 0 unspecified atom stereocenters. The van der Waals surface area contributed by atoms with E-state index in [4.69, 9.17) is 30.5 Å².